The minimum absolute atomic E-state index is 0.0224. The van der Waals surface area contributed by atoms with Gasteiger partial charge in [0.15, 0.2) is 0 Å². The van der Waals surface area contributed by atoms with Gasteiger partial charge >= 0.3 is 0 Å². The maximum atomic E-state index is 12.3. The first-order chi connectivity index (χ1) is 11.3. The fourth-order valence-electron chi connectivity index (χ4n) is 3.01. The molecule has 0 saturated carbocycles. The molecule has 7 nitrogen and oxygen atoms in total. The molecule has 1 aromatic carbocycles. The van der Waals surface area contributed by atoms with E-state index >= 15 is 0 Å². The Labute approximate surface area is 143 Å². The van der Waals surface area contributed by atoms with Crippen LogP contribution in [0.25, 0.3) is 0 Å². The Hall–Kier alpha value is -1.80. The number of hydrogen-bond acceptors (Lipinski definition) is 5. The molecule has 24 heavy (non-hydrogen) atoms. The van der Waals surface area contributed by atoms with E-state index in [0.717, 1.165) is 11.4 Å². The molecule has 1 unspecified atom stereocenters. The second kappa shape index (κ2) is 7.85. The number of rotatable bonds is 6. The van der Waals surface area contributed by atoms with E-state index < -0.39 is 10.0 Å². The van der Waals surface area contributed by atoms with Crippen molar-refractivity contribution in [2.75, 3.05) is 37.4 Å². The number of piperazine rings is 1. The van der Waals surface area contributed by atoms with Crippen LogP contribution in [0, 0.1) is 0 Å². The fraction of sp³-hybridized carbons (Fsp3) is 0.562. The highest BCUT2D eigenvalue weighted by molar-refractivity contribution is 7.89. The van der Waals surface area contributed by atoms with Crippen LogP contribution >= 0.6 is 0 Å². The van der Waals surface area contributed by atoms with Gasteiger partial charge in [0.05, 0.1) is 18.6 Å². The number of nitrogens with zero attached hydrogens (tertiary/aromatic N) is 2. The molecule has 0 spiro atoms. The number of amides is 1. The van der Waals surface area contributed by atoms with Crippen molar-refractivity contribution in [3.05, 3.63) is 24.3 Å². The molecule has 0 aromatic heterocycles. The third-order valence-electron chi connectivity index (χ3n) is 4.19. The van der Waals surface area contributed by atoms with Gasteiger partial charge in [-0.05, 0) is 25.5 Å². The zero-order chi connectivity index (χ0) is 17.7. The smallest absolute Gasteiger partial charge is 0.222 e. The van der Waals surface area contributed by atoms with Crippen molar-refractivity contribution in [1.82, 2.24) is 4.90 Å². The summed E-state index contributed by atoms with van der Waals surface area (Å²) >= 11 is 0. The Morgan fingerprint density at radius 3 is 2.67 bits per heavy atom. The van der Waals surface area contributed by atoms with Crippen LogP contribution in [0.15, 0.2) is 24.3 Å². The summed E-state index contributed by atoms with van der Waals surface area (Å²) in [5, 5.41) is 4.97. The highest BCUT2D eigenvalue weighted by atomic mass is 32.2. The summed E-state index contributed by atoms with van der Waals surface area (Å²) in [7, 11) is -1.86. The maximum absolute atomic E-state index is 12.3. The molecule has 1 aliphatic heterocycles. The summed E-state index contributed by atoms with van der Waals surface area (Å²) in [5.74, 6) is 0.636. The van der Waals surface area contributed by atoms with E-state index in [1.165, 1.54) is 0 Å². The van der Waals surface area contributed by atoms with Crippen molar-refractivity contribution in [1.29, 1.82) is 0 Å². The summed E-state index contributed by atoms with van der Waals surface area (Å²) < 4.78 is 27.3. The number of hydrogen-bond donors (Lipinski definition) is 1. The number of carbonyl (C=O) groups excluding carboxylic acids is 1. The second-order valence-electron chi connectivity index (χ2n) is 6.02. The van der Waals surface area contributed by atoms with Gasteiger partial charge in [-0.1, -0.05) is 12.1 Å². The summed E-state index contributed by atoms with van der Waals surface area (Å²) in [4.78, 5) is 16.3. The molecule has 1 fully saturated rings. The lowest BCUT2D eigenvalue weighted by atomic mass is 10.1. The van der Waals surface area contributed by atoms with Gasteiger partial charge in [0.25, 0.3) is 0 Å². The van der Waals surface area contributed by atoms with E-state index in [1.54, 1.807) is 7.11 Å². The summed E-state index contributed by atoms with van der Waals surface area (Å²) in [6.45, 7) is 4.03. The van der Waals surface area contributed by atoms with Crippen LogP contribution < -0.4 is 14.8 Å². The first-order valence-corrected chi connectivity index (χ1v) is 9.71. The van der Waals surface area contributed by atoms with Gasteiger partial charge < -0.3 is 14.5 Å². The van der Waals surface area contributed by atoms with Gasteiger partial charge in [-0.2, -0.15) is 0 Å². The van der Waals surface area contributed by atoms with Crippen LogP contribution in [0.4, 0.5) is 5.69 Å². The van der Waals surface area contributed by atoms with Gasteiger partial charge in [-0.25, -0.2) is 13.6 Å². The van der Waals surface area contributed by atoms with E-state index in [4.69, 9.17) is 9.88 Å². The van der Waals surface area contributed by atoms with Gasteiger partial charge in [0.1, 0.15) is 5.75 Å². The average molecular weight is 355 g/mol. The predicted octanol–water partition coefficient (Wildman–Crippen LogP) is 0.801. The van der Waals surface area contributed by atoms with Gasteiger partial charge in [-0.15, -0.1) is 0 Å². The molecule has 1 aliphatic rings. The number of primary sulfonamides is 1. The summed E-state index contributed by atoms with van der Waals surface area (Å²) in [5.41, 5.74) is 1.02. The Balaban J connectivity index is 1.94. The molecule has 1 saturated heterocycles. The van der Waals surface area contributed by atoms with Crippen LogP contribution in [0.2, 0.25) is 0 Å². The molecule has 0 aliphatic carbocycles. The van der Waals surface area contributed by atoms with E-state index in [1.807, 2.05) is 36.1 Å². The molecule has 1 aromatic rings. The quantitative estimate of drug-likeness (QED) is 0.815. The number of ether oxygens (including phenoxy) is 1. The molecule has 2 rings (SSSR count). The lowest BCUT2D eigenvalue weighted by Crippen LogP contribution is -2.54. The number of nitrogens with two attached hydrogens (primary N) is 1. The number of carbonyl (C=O) groups is 1. The third-order valence-corrected chi connectivity index (χ3v) is 5.05. The molecule has 134 valence electrons. The van der Waals surface area contributed by atoms with Crippen molar-refractivity contribution in [2.45, 2.75) is 25.8 Å². The molecule has 1 heterocycles. The first-order valence-electron chi connectivity index (χ1n) is 7.99. The van der Waals surface area contributed by atoms with Crippen molar-refractivity contribution < 1.29 is 17.9 Å². The molecule has 2 N–H and O–H groups in total. The van der Waals surface area contributed by atoms with Crippen LogP contribution in [0.3, 0.4) is 0 Å². The average Bonchev–Trinajstić information content (AvgIpc) is 2.53. The van der Waals surface area contributed by atoms with Crippen molar-refractivity contribution in [2.24, 2.45) is 5.14 Å². The van der Waals surface area contributed by atoms with E-state index in [-0.39, 0.29) is 30.5 Å². The Morgan fingerprint density at radius 1 is 1.33 bits per heavy atom. The van der Waals surface area contributed by atoms with E-state index in [2.05, 4.69) is 4.90 Å². The Kier molecular flexibility index (Phi) is 6.06. The Morgan fingerprint density at radius 2 is 2.04 bits per heavy atom. The molecular formula is C16H25N3O4S. The van der Waals surface area contributed by atoms with Gasteiger partial charge in [0, 0.05) is 32.1 Å². The van der Waals surface area contributed by atoms with Gasteiger partial charge in [0.2, 0.25) is 15.9 Å². The van der Waals surface area contributed by atoms with Crippen LogP contribution in [-0.2, 0) is 14.8 Å². The second-order valence-corrected chi connectivity index (χ2v) is 7.76. The van der Waals surface area contributed by atoms with E-state index in [0.29, 0.717) is 19.6 Å². The zero-order valence-electron chi connectivity index (χ0n) is 14.1. The minimum Gasteiger partial charge on any atom is -0.495 e. The lowest BCUT2D eigenvalue weighted by Gasteiger charge is -2.41. The highest BCUT2D eigenvalue weighted by Crippen LogP contribution is 2.29. The number of para-hydroxylation sites is 2. The topological polar surface area (TPSA) is 92.9 Å². The normalized spacial score (nSPS) is 18.5. The highest BCUT2D eigenvalue weighted by Gasteiger charge is 2.28. The molecule has 0 bridgehead atoms. The summed E-state index contributed by atoms with van der Waals surface area (Å²) in [6.07, 6.45) is 0.465. The molecule has 0 radical (unpaired) electrons. The van der Waals surface area contributed by atoms with Crippen LogP contribution in [0.1, 0.15) is 19.8 Å². The number of methoxy groups -OCH3 is 1. The SMILES string of the molecule is COc1ccccc1N1CCN(C(=O)CCCS(N)(=O)=O)C(C)C1. The zero-order valence-corrected chi connectivity index (χ0v) is 15.0. The van der Waals surface area contributed by atoms with Crippen molar-refractivity contribution in [3.8, 4) is 5.75 Å². The molecule has 8 heteroatoms. The van der Waals surface area contributed by atoms with Crippen molar-refractivity contribution >= 4 is 21.6 Å². The third kappa shape index (κ3) is 4.85. The fourth-order valence-corrected chi connectivity index (χ4v) is 3.55. The number of sulfonamides is 1. The Bertz CT molecular complexity index is 678. The largest absolute Gasteiger partial charge is 0.495 e. The van der Waals surface area contributed by atoms with Crippen LogP contribution in [-0.4, -0.2) is 57.8 Å². The van der Waals surface area contributed by atoms with Gasteiger partial charge in [-0.3, -0.25) is 4.79 Å². The number of benzene rings is 1. The number of anilines is 1. The standard InChI is InChI=1S/C16H25N3O4S/c1-13-12-18(14-6-3-4-7-15(14)23-2)9-10-19(13)16(20)8-5-11-24(17,21)22/h3-4,6-7,13H,5,8-12H2,1-2H3,(H2,17,21,22). The van der Waals surface area contributed by atoms with E-state index in [9.17, 15) is 13.2 Å². The monoisotopic (exact) mass is 355 g/mol. The summed E-state index contributed by atoms with van der Waals surface area (Å²) in [6, 6.07) is 7.87. The van der Waals surface area contributed by atoms with Crippen molar-refractivity contribution in [3.63, 3.8) is 0 Å². The predicted molar refractivity (Wildman–Crippen MR) is 93.6 cm³/mol. The molecular weight excluding hydrogens is 330 g/mol. The first kappa shape index (κ1) is 18.5. The maximum Gasteiger partial charge on any atom is 0.222 e. The minimum atomic E-state index is -3.51. The molecule has 1 amide bonds. The molecule has 1 atom stereocenters. The van der Waals surface area contributed by atoms with Crippen LogP contribution in [0.5, 0.6) is 5.75 Å². The lowest BCUT2D eigenvalue weighted by molar-refractivity contribution is -0.133.